The number of nitrogens with one attached hydrogen (secondary N) is 1. The lowest BCUT2D eigenvalue weighted by Gasteiger charge is -2.25. The van der Waals surface area contributed by atoms with Gasteiger partial charge in [0, 0.05) is 12.6 Å². The SMILES string of the molecule is Cn1ncc(C2CCC2)c1C(=O)Nc1cc(Cc2ccccc2)ccc1O. The number of carbonyl (C=O) groups is 1. The van der Waals surface area contributed by atoms with Crippen molar-refractivity contribution in [3.8, 4) is 5.75 Å². The van der Waals surface area contributed by atoms with Gasteiger partial charge in [-0.2, -0.15) is 5.10 Å². The first-order valence-corrected chi connectivity index (χ1v) is 9.31. The Balaban J connectivity index is 1.56. The summed E-state index contributed by atoms with van der Waals surface area (Å²) in [6, 6.07) is 15.5. The summed E-state index contributed by atoms with van der Waals surface area (Å²) in [4.78, 5) is 12.9. The molecule has 5 nitrogen and oxygen atoms in total. The van der Waals surface area contributed by atoms with E-state index in [0.29, 0.717) is 17.3 Å². The number of aromatic hydroxyl groups is 1. The molecule has 0 radical (unpaired) electrons. The molecule has 1 heterocycles. The summed E-state index contributed by atoms with van der Waals surface area (Å²) in [6.45, 7) is 0. The van der Waals surface area contributed by atoms with Crippen LogP contribution in [0.1, 0.15) is 52.4 Å². The van der Waals surface area contributed by atoms with Gasteiger partial charge >= 0.3 is 0 Å². The van der Waals surface area contributed by atoms with Crippen molar-refractivity contribution in [2.75, 3.05) is 5.32 Å². The number of benzene rings is 2. The zero-order chi connectivity index (χ0) is 18.8. The van der Waals surface area contributed by atoms with Crippen LogP contribution in [0.25, 0.3) is 0 Å². The van der Waals surface area contributed by atoms with Gasteiger partial charge in [0.15, 0.2) is 0 Å². The van der Waals surface area contributed by atoms with Crippen LogP contribution in [0.2, 0.25) is 0 Å². The van der Waals surface area contributed by atoms with Crippen molar-refractivity contribution in [3.63, 3.8) is 0 Å². The zero-order valence-corrected chi connectivity index (χ0v) is 15.4. The predicted molar refractivity (Wildman–Crippen MR) is 105 cm³/mol. The number of anilines is 1. The Labute approximate surface area is 158 Å². The molecule has 1 aliphatic rings. The van der Waals surface area contributed by atoms with E-state index in [1.165, 1.54) is 12.0 Å². The largest absolute Gasteiger partial charge is 0.506 e. The highest BCUT2D eigenvalue weighted by atomic mass is 16.3. The molecule has 0 atom stereocenters. The summed E-state index contributed by atoms with van der Waals surface area (Å²) in [5.41, 5.74) is 4.21. The van der Waals surface area contributed by atoms with Crippen LogP contribution in [0.3, 0.4) is 0 Å². The summed E-state index contributed by atoms with van der Waals surface area (Å²) < 4.78 is 1.62. The number of nitrogens with zero attached hydrogens (tertiary/aromatic N) is 2. The van der Waals surface area contributed by atoms with Crippen molar-refractivity contribution in [3.05, 3.63) is 77.1 Å². The number of hydrogen-bond donors (Lipinski definition) is 2. The van der Waals surface area contributed by atoms with E-state index < -0.39 is 0 Å². The molecule has 3 aromatic rings. The minimum atomic E-state index is -0.232. The first-order valence-electron chi connectivity index (χ1n) is 9.31. The maximum absolute atomic E-state index is 12.9. The van der Waals surface area contributed by atoms with Gasteiger partial charge in [0.2, 0.25) is 0 Å². The first-order chi connectivity index (χ1) is 13.1. The van der Waals surface area contributed by atoms with E-state index >= 15 is 0 Å². The maximum atomic E-state index is 12.9. The molecule has 2 aromatic carbocycles. The Bertz CT molecular complexity index is 959. The van der Waals surface area contributed by atoms with Crippen molar-refractivity contribution in [1.29, 1.82) is 0 Å². The van der Waals surface area contributed by atoms with Crippen LogP contribution >= 0.6 is 0 Å². The minimum Gasteiger partial charge on any atom is -0.506 e. The second-order valence-electron chi connectivity index (χ2n) is 7.17. The lowest BCUT2D eigenvalue weighted by atomic mass is 9.80. The molecule has 0 spiro atoms. The summed E-state index contributed by atoms with van der Waals surface area (Å²) in [5.74, 6) is 0.244. The fourth-order valence-corrected chi connectivity index (χ4v) is 3.56. The van der Waals surface area contributed by atoms with E-state index in [1.54, 1.807) is 24.0 Å². The number of rotatable bonds is 5. The molecule has 5 heteroatoms. The van der Waals surface area contributed by atoms with Gasteiger partial charge in [-0.1, -0.05) is 42.8 Å². The van der Waals surface area contributed by atoms with Crippen LogP contribution in [-0.2, 0) is 13.5 Å². The van der Waals surface area contributed by atoms with E-state index in [-0.39, 0.29) is 11.7 Å². The fourth-order valence-electron chi connectivity index (χ4n) is 3.56. The topological polar surface area (TPSA) is 67.2 Å². The quantitative estimate of drug-likeness (QED) is 0.668. The molecule has 0 bridgehead atoms. The third-order valence-electron chi connectivity index (χ3n) is 5.29. The van der Waals surface area contributed by atoms with Crippen LogP contribution in [0.15, 0.2) is 54.7 Å². The third kappa shape index (κ3) is 3.58. The minimum absolute atomic E-state index is 0.0625. The summed E-state index contributed by atoms with van der Waals surface area (Å²) >= 11 is 0. The van der Waals surface area contributed by atoms with E-state index in [1.807, 2.05) is 30.3 Å². The van der Waals surface area contributed by atoms with Crippen molar-refractivity contribution >= 4 is 11.6 Å². The van der Waals surface area contributed by atoms with Gasteiger partial charge in [-0.3, -0.25) is 9.48 Å². The van der Waals surface area contributed by atoms with Crippen molar-refractivity contribution in [2.24, 2.45) is 7.05 Å². The van der Waals surface area contributed by atoms with E-state index in [2.05, 4.69) is 22.5 Å². The second kappa shape index (κ2) is 7.27. The molecule has 2 N–H and O–H groups in total. The van der Waals surface area contributed by atoms with Gasteiger partial charge in [0.05, 0.1) is 11.9 Å². The monoisotopic (exact) mass is 361 g/mol. The number of aryl methyl sites for hydroxylation is 1. The van der Waals surface area contributed by atoms with Crippen LogP contribution in [0.5, 0.6) is 5.75 Å². The highest BCUT2D eigenvalue weighted by Crippen LogP contribution is 2.38. The molecule has 1 saturated carbocycles. The number of phenols is 1. The molecule has 0 saturated heterocycles. The number of hydrogen-bond acceptors (Lipinski definition) is 3. The van der Waals surface area contributed by atoms with Crippen molar-refractivity contribution in [1.82, 2.24) is 9.78 Å². The van der Waals surface area contributed by atoms with E-state index in [0.717, 1.165) is 30.4 Å². The van der Waals surface area contributed by atoms with Crippen molar-refractivity contribution < 1.29 is 9.90 Å². The van der Waals surface area contributed by atoms with Gasteiger partial charge in [0.1, 0.15) is 11.4 Å². The van der Waals surface area contributed by atoms with E-state index in [4.69, 9.17) is 0 Å². The van der Waals surface area contributed by atoms with Crippen molar-refractivity contribution in [2.45, 2.75) is 31.6 Å². The molecule has 0 aliphatic heterocycles. The molecule has 1 amide bonds. The molecule has 1 fully saturated rings. The van der Waals surface area contributed by atoms with Crippen LogP contribution in [0.4, 0.5) is 5.69 Å². The van der Waals surface area contributed by atoms with Crippen LogP contribution in [-0.4, -0.2) is 20.8 Å². The molecular weight excluding hydrogens is 338 g/mol. The standard InChI is InChI=1S/C22H23N3O2/c1-25-21(18(14-23-25)17-8-5-9-17)22(27)24-19-13-16(10-11-20(19)26)12-15-6-3-2-4-7-15/h2-4,6-7,10-11,13-14,17,26H,5,8-9,12H2,1H3,(H,24,27). The average molecular weight is 361 g/mol. The maximum Gasteiger partial charge on any atom is 0.274 e. The van der Waals surface area contributed by atoms with Gasteiger partial charge in [-0.15, -0.1) is 0 Å². The van der Waals surface area contributed by atoms with Gasteiger partial charge < -0.3 is 10.4 Å². The molecular formula is C22H23N3O2. The predicted octanol–water partition coefficient (Wildman–Crippen LogP) is 4.24. The fraction of sp³-hybridized carbons (Fsp3) is 0.273. The number of amides is 1. The third-order valence-corrected chi connectivity index (χ3v) is 5.29. The molecule has 1 aromatic heterocycles. The summed E-state index contributed by atoms with van der Waals surface area (Å²) in [7, 11) is 1.78. The Morgan fingerprint density at radius 3 is 2.67 bits per heavy atom. The lowest BCUT2D eigenvalue weighted by molar-refractivity contribution is 0.101. The van der Waals surface area contributed by atoms with Crippen LogP contribution < -0.4 is 5.32 Å². The number of phenolic OH excluding ortho intramolecular Hbond substituents is 1. The first kappa shape index (κ1) is 17.3. The van der Waals surface area contributed by atoms with E-state index in [9.17, 15) is 9.90 Å². The number of carbonyl (C=O) groups excluding carboxylic acids is 1. The highest BCUT2D eigenvalue weighted by molar-refractivity contribution is 6.05. The smallest absolute Gasteiger partial charge is 0.274 e. The Morgan fingerprint density at radius 2 is 1.96 bits per heavy atom. The summed E-state index contributed by atoms with van der Waals surface area (Å²) in [6.07, 6.45) is 5.93. The molecule has 4 rings (SSSR count). The molecule has 138 valence electrons. The number of aromatic nitrogens is 2. The average Bonchev–Trinajstić information content (AvgIpc) is 2.98. The Kier molecular flexibility index (Phi) is 4.67. The van der Waals surface area contributed by atoms with Crippen LogP contribution in [0, 0.1) is 0 Å². The zero-order valence-electron chi connectivity index (χ0n) is 15.4. The van der Waals surface area contributed by atoms with Gasteiger partial charge in [-0.05, 0) is 48.4 Å². The lowest BCUT2D eigenvalue weighted by Crippen LogP contribution is -2.20. The highest BCUT2D eigenvalue weighted by Gasteiger charge is 2.28. The molecule has 1 aliphatic carbocycles. The second-order valence-corrected chi connectivity index (χ2v) is 7.17. The Morgan fingerprint density at radius 1 is 1.19 bits per heavy atom. The normalized spacial score (nSPS) is 14.0. The van der Waals surface area contributed by atoms with Gasteiger partial charge in [-0.25, -0.2) is 0 Å². The molecule has 0 unspecified atom stereocenters. The Hall–Kier alpha value is -3.08. The molecule has 27 heavy (non-hydrogen) atoms. The summed E-state index contributed by atoms with van der Waals surface area (Å²) in [5, 5.41) is 17.4. The van der Waals surface area contributed by atoms with Gasteiger partial charge in [0.25, 0.3) is 5.91 Å².